The number of hydrogen-bond acceptors (Lipinski definition) is 5. The first kappa shape index (κ1) is 23.0. The number of piperidine rings is 1. The summed E-state index contributed by atoms with van der Waals surface area (Å²) in [6.07, 6.45) is 5.20. The number of likely N-dealkylation sites (tertiary alicyclic amines) is 1. The van der Waals surface area contributed by atoms with Crippen molar-refractivity contribution < 1.29 is 14.0 Å². The smallest absolute Gasteiger partial charge is 0.231 e. The Labute approximate surface area is 204 Å². The molecule has 2 amide bonds. The van der Waals surface area contributed by atoms with Crippen LogP contribution in [0.25, 0.3) is 0 Å². The molecule has 1 aromatic heterocycles. The summed E-state index contributed by atoms with van der Waals surface area (Å²) in [5.74, 6) is -0.0110. The van der Waals surface area contributed by atoms with Crippen LogP contribution in [0.3, 0.4) is 0 Å². The number of hydrogen-bond donors (Lipinski definition) is 1. The molecule has 0 bridgehead atoms. The normalized spacial score (nSPS) is 16.6. The van der Waals surface area contributed by atoms with Crippen molar-refractivity contribution in [3.8, 4) is 0 Å². The van der Waals surface area contributed by atoms with Crippen molar-refractivity contribution >= 4 is 23.2 Å². The molecule has 7 nitrogen and oxygen atoms in total. The van der Waals surface area contributed by atoms with E-state index >= 15 is 0 Å². The first-order valence-electron chi connectivity index (χ1n) is 12.0. The van der Waals surface area contributed by atoms with E-state index in [9.17, 15) is 14.0 Å². The predicted octanol–water partition coefficient (Wildman–Crippen LogP) is 3.64. The van der Waals surface area contributed by atoms with Crippen LogP contribution in [-0.4, -0.2) is 53.1 Å². The summed E-state index contributed by atoms with van der Waals surface area (Å²) in [4.78, 5) is 29.1. The lowest BCUT2D eigenvalue weighted by Gasteiger charge is -2.39. The largest absolute Gasteiger partial charge is 0.368 e. The number of carbonyl (C=O) groups excluding carboxylic acids is 2. The number of amides is 2. The molecule has 2 aliphatic heterocycles. The van der Waals surface area contributed by atoms with Gasteiger partial charge < -0.3 is 15.1 Å². The van der Waals surface area contributed by atoms with Gasteiger partial charge in [0.15, 0.2) is 0 Å². The molecule has 2 saturated heterocycles. The number of halogens is 1. The molecule has 2 aromatic carbocycles. The number of aromatic nitrogens is 2. The molecule has 2 fully saturated rings. The quantitative estimate of drug-likeness (QED) is 0.592. The lowest BCUT2D eigenvalue weighted by atomic mass is 9.89. The number of rotatable bonds is 6. The summed E-state index contributed by atoms with van der Waals surface area (Å²) in [6, 6.07) is 16.4. The highest BCUT2D eigenvalue weighted by Crippen LogP contribution is 2.30. The van der Waals surface area contributed by atoms with Crippen molar-refractivity contribution in [2.24, 2.45) is 5.92 Å². The molecule has 0 saturated carbocycles. The van der Waals surface area contributed by atoms with Crippen LogP contribution < -0.4 is 10.2 Å². The summed E-state index contributed by atoms with van der Waals surface area (Å²) in [7, 11) is 0. The third-order valence-electron chi connectivity index (χ3n) is 6.98. The van der Waals surface area contributed by atoms with Crippen LogP contribution in [-0.2, 0) is 16.0 Å². The third-order valence-corrected chi connectivity index (χ3v) is 6.98. The summed E-state index contributed by atoms with van der Waals surface area (Å²) in [5.41, 5.74) is 3.43. The number of benzene rings is 2. The van der Waals surface area contributed by atoms with Crippen molar-refractivity contribution in [2.45, 2.75) is 25.2 Å². The molecule has 180 valence electrons. The summed E-state index contributed by atoms with van der Waals surface area (Å²) in [6.45, 7) is 2.68. The molecule has 0 unspecified atom stereocenters. The molecule has 0 spiro atoms. The van der Waals surface area contributed by atoms with Gasteiger partial charge in [0.1, 0.15) is 5.82 Å². The van der Waals surface area contributed by atoms with E-state index in [0.29, 0.717) is 37.7 Å². The topological polar surface area (TPSA) is 78.4 Å². The van der Waals surface area contributed by atoms with E-state index in [0.717, 1.165) is 24.2 Å². The van der Waals surface area contributed by atoms with E-state index in [-0.39, 0.29) is 30.0 Å². The van der Waals surface area contributed by atoms with Crippen molar-refractivity contribution in [1.82, 2.24) is 15.1 Å². The van der Waals surface area contributed by atoms with Crippen LogP contribution in [0.4, 0.5) is 15.8 Å². The average Bonchev–Trinajstić information content (AvgIpc) is 2.86. The van der Waals surface area contributed by atoms with Gasteiger partial charge in [-0.2, -0.15) is 10.2 Å². The fourth-order valence-corrected chi connectivity index (χ4v) is 4.79. The monoisotopic (exact) mass is 473 g/mol. The molecule has 0 aliphatic carbocycles. The van der Waals surface area contributed by atoms with Gasteiger partial charge in [-0.3, -0.25) is 9.59 Å². The Morgan fingerprint density at radius 3 is 2.40 bits per heavy atom. The fraction of sp³-hybridized carbons (Fsp3) is 0.333. The molecule has 3 heterocycles. The highest BCUT2D eigenvalue weighted by Gasteiger charge is 2.33. The minimum atomic E-state index is -0.330. The Kier molecular flexibility index (Phi) is 6.70. The van der Waals surface area contributed by atoms with Crippen molar-refractivity contribution in [2.75, 3.05) is 36.4 Å². The second-order valence-corrected chi connectivity index (χ2v) is 9.24. The Morgan fingerprint density at radius 1 is 0.971 bits per heavy atom. The van der Waals surface area contributed by atoms with Gasteiger partial charge in [0, 0.05) is 31.9 Å². The van der Waals surface area contributed by atoms with Gasteiger partial charge in [0.25, 0.3) is 0 Å². The van der Waals surface area contributed by atoms with Gasteiger partial charge in [-0.1, -0.05) is 30.3 Å². The highest BCUT2D eigenvalue weighted by molar-refractivity contribution is 5.94. The number of nitrogens with one attached hydrogen (secondary N) is 1. The van der Waals surface area contributed by atoms with E-state index in [2.05, 4.69) is 32.5 Å². The number of nitrogens with zero attached hydrogens (tertiary/aromatic N) is 4. The lowest BCUT2D eigenvalue weighted by molar-refractivity contribution is -0.131. The van der Waals surface area contributed by atoms with Crippen LogP contribution in [0.5, 0.6) is 0 Å². The third kappa shape index (κ3) is 5.31. The van der Waals surface area contributed by atoms with Crippen molar-refractivity contribution in [3.05, 3.63) is 83.9 Å². The molecule has 0 atom stereocenters. The first-order chi connectivity index (χ1) is 17.1. The van der Waals surface area contributed by atoms with Gasteiger partial charge in [-0.05, 0) is 54.2 Å². The van der Waals surface area contributed by atoms with E-state index in [1.165, 1.54) is 11.6 Å². The van der Waals surface area contributed by atoms with Gasteiger partial charge in [0.2, 0.25) is 11.8 Å². The molecule has 0 radical (unpaired) electrons. The van der Waals surface area contributed by atoms with Gasteiger partial charge in [-0.15, -0.1) is 0 Å². The van der Waals surface area contributed by atoms with Crippen molar-refractivity contribution in [3.63, 3.8) is 0 Å². The number of carbonyl (C=O) groups is 2. The zero-order valence-corrected chi connectivity index (χ0v) is 19.4. The molecule has 2 aliphatic rings. The van der Waals surface area contributed by atoms with Crippen molar-refractivity contribution in [1.29, 1.82) is 0 Å². The zero-order chi connectivity index (χ0) is 24.2. The predicted molar refractivity (Wildman–Crippen MR) is 131 cm³/mol. The van der Waals surface area contributed by atoms with E-state index in [4.69, 9.17) is 0 Å². The summed E-state index contributed by atoms with van der Waals surface area (Å²) < 4.78 is 13.9. The van der Waals surface area contributed by atoms with E-state index in [1.807, 2.05) is 23.1 Å². The Hall–Kier alpha value is -3.81. The standard InChI is InChI=1S/C27H28FN5O2/c28-25-4-2-1-3-21(25)15-26(34)32-13-10-20(11-14-32)19-5-7-23(8-6-19)31-27(35)22-17-33(18-22)24-9-12-29-30-16-24/h1-9,12,16,20,22H,10-11,13-15,17-18H2,(H,31,35). The molecule has 8 heteroatoms. The molecule has 35 heavy (non-hydrogen) atoms. The molecular formula is C27H28FN5O2. The lowest BCUT2D eigenvalue weighted by Crippen LogP contribution is -2.52. The van der Waals surface area contributed by atoms with Gasteiger partial charge in [0.05, 0.1) is 30.4 Å². The van der Waals surface area contributed by atoms with Crippen LogP contribution >= 0.6 is 0 Å². The maximum atomic E-state index is 13.9. The first-order valence-corrected chi connectivity index (χ1v) is 12.0. The van der Waals surface area contributed by atoms with Crippen LogP contribution in [0.1, 0.15) is 29.9 Å². The SMILES string of the molecule is O=C(Nc1ccc(C2CCN(C(=O)Cc3ccccc3F)CC2)cc1)C1CN(c2ccnnc2)C1. The minimum absolute atomic E-state index is 0.0256. The maximum Gasteiger partial charge on any atom is 0.231 e. The fourth-order valence-electron chi connectivity index (χ4n) is 4.79. The van der Waals surface area contributed by atoms with Crippen LogP contribution in [0, 0.1) is 11.7 Å². The Bertz CT molecular complexity index is 1170. The minimum Gasteiger partial charge on any atom is -0.368 e. The number of anilines is 2. The summed E-state index contributed by atoms with van der Waals surface area (Å²) >= 11 is 0. The highest BCUT2D eigenvalue weighted by atomic mass is 19.1. The second kappa shape index (κ2) is 10.2. The van der Waals surface area contributed by atoms with Gasteiger partial charge >= 0.3 is 0 Å². The molecule has 3 aromatic rings. The van der Waals surface area contributed by atoms with E-state index < -0.39 is 0 Å². The maximum absolute atomic E-state index is 13.9. The summed E-state index contributed by atoms with van der Waals surface area (Å²) in [5, 5.41) is 10.7. The molecule has 5 rings (SSSR count). The van der Waals surface area contributed by atoms with Crippen LogP contribution in [0.2, 0.25) is 0 Å². The molecular weight excluding hydrogens is 445 g/mol. The van der Waals surface area contributed by atoms with Crippen LogP contribution in [0.15, 0.2) is 67.0 Å². The second-order valence-electron chi connectivity index (χ2n) is 9.24. The zero-order valence-electron chi connectivity index (χ0n) is 19.4. The Balaban J connectivity index is 1.08. The van der Waals surface area contributed by atoms with Gasteiger partial charge in [-0.25, -0.2) is 4.39 Å². The average molecular weight is 474 g/mol. The molecule has 1 N–H and O–H groups in total. The Morgan fingerprint density at radius 2 is 1.71 bits per heavy atom. The van der Waals surface area contributed by atoms with E-state index in [1.54, 1.807) is 30.6 Å².